The van der Waals surface area contributed by atoms with E-state index in [1.54, 1.807) is 12.1 Å². The maximum atomic E-state index is 12.1. The number of hydrogen-bond acceptors (Lipinski definition) is 3. The van der Waals surface area contributed by atoms with E-state index in [0.717, 1.165) is 19.3 Å². The summed E-state index contributed by atoms with van der Waals surface area (Å²) in [6, 6.07) is 6.01. The van der Waals surface area contributed by atoms with E-state index in [0.29, 0.717) is 6.54 Å². The highest BCUT2D eigenvalue weighted by Gasteiger charge is 2.22. The normalized spacial score (nSPS) is 11.9. The van der Waals surface area contributed by atoms with E-state index >= 15 is 0 Å². The van der Waals surface area contributed by atoms with E-state index in [2.05, 4.69) is 6.92 Å². The largest absolute Gasteiger partial charge is 0.507 e. The summed E-state index contributed by atoms with van der Waals surface area (Å²) < 4.78 is 25.5. The molecule has 0 saturated carbocycles. The average Bonchev–Trinajstić information content (AvgIpc) is 2.29. The van der Waals surface area contributed by atoms with E-state index < -0.39 is 10.0 Å². The zero-order valence-electron chi connectivity index (χ0n) is 10.3. The standard InChI is InChI=1S/C12H19NO3S/c1-3-4-7-10-13(2)17(15,16)12-9-6-5-8-11(12)14/h5-6,8-9,14H,3-4,7,10H2,1-2H3. The van der Waals surface area contributed by atoms with E-state index in [1.807, 2.05) is 0 Å². The van der Waals surface area contributed by atoms with Crippen LogP contribution in [0.15, 0.2) is 29.2 Å². The molecule has 96 valence electrons. The molecule has 1 rings (SSSR count). The summed E-state index contributed by atoms with van der Waals surface area (Å²) in [6.07, 6.45) is 2.88. The van der Waals surface area contributed by atoms with Crippen molar-refractivity contribution in [3.05, 3.63) is 24.3 Å². The number of hydrogen-bond donors (Lipinski definition) is 1. The molecule has 0 radical (unpaired) electrons. The third-order valence-corrected chi connectivity index (χ3v) is 4.53. The maximum Gasteiger partial charge on any atom is 0.246 e. The number of phenols is 1. The first kappa shape index (κ1) is 14.0. The molecule has 0 saturated heterocycles. The lowest BCUT2D eigenvalue weighted by Gasteiger charge is -2.17. The Kier molecular flexibility index (Phi) is 4.96. The second-order valence-electron chi connectivity index (χ2n) is 4.00. The lowest BCUT2D eigenvalue weighted by Crippen LogP contribution is -2.28. The van der Waals surface area contributed by atoms with Crippen molar-refractivity contribution in [1.82, 2.24) is 4.31 Å². The third kappa shape index (κ3) is 3.44. The van der Waals surface area contributed by atoms with Gasteiger partial charge in [-0.1, -0.05) is 31.9 Å². The van der Waals surface area contributed by atoms with Gasteiger partial charge in [-0.2, -0.15) is 0 Å². The number of phenolic OH excluding ortho intramolecular Hbond substituents is 1. The molecule has 0 spiro atoms. The Morgan fingerprint density at radius 2 is 1.88 bits per heavy atom. The van der Waals surface area contributed by atoms with Crippen LogP contribution in [-0.4, -0.2) is 31.4 Å². The molecule has 0 aliphatic rings. The fraction of sp³-hybridized carbons (Fsp3) is 0.500. The average molecular weight is 257 g/mol. The van der Waals surface area contributed by atoms with E-state index in [9.17, 15) is 13.5 Å². The fourth-order valence-electron chi connectivity index (χ4n) is 1.55. The summed E-state index contributed by atoms with van der Waals surface area (Å²) in [6.45, 7) is 2.54. The number of nitrogens with zero attached hydrogens (tertiary/aromatic N) is 1. The van der Waals surface area contributed by atoms with Gasteiger partial charge in [-0.15, -0.1) is 0 Å². The molecule has 0 unspecified atom stereocenters. The second kappa shape index (κ2) is 6.02. The molecule has 4 nitrogen and oxygen atoms in total. The molecule has 1 N–H and O–H groups in total. The molecule has 17 heavy (non-hydrogen) atoms. The predicted octanol–water partition coefficient (Wildman–Crippen LogP) is 2.20. The molecular weight excluding hydrogens is 238 g/mol. The topological polar surface area (TPSA) is 57.6 Å². The van der Waals surface area contributed by atoms with E-state index in [4.69, 9.17) is 0 Å². The van der Waals surface area contributed by atoms with Crippen molar-refractivity contribution in [2.45, 2.75) is 31.1 Å². The van der Waals surface area contributed by atoms with Crippen molar-refractivity contribution in [3.63, 3.8) is 0 Å². The number of aromatic hydroxyl groups is 1. The Morgan fingerprint density at radius 1 is 1.24 bits per heavy atom. The molecule has 0 heterocycles. The Labute approximate surface area is 103 Å². The van der Waals surface area contributed by atoms with Crippen LogP contribution in [0.2, 0.25) is 0 Å². The van der Waals surface area contributed by atoms with Crippen LogP contribution in [0.25, 0.3) is 0 Å². The van der Waals surface area contributed by atoms with Crippen molar-refractivity contribution in [1.29, 1.82) is 0 Å². The summed E-state index contributed by atoms with van der Waals surface area (Å²) in [7, 11) is -2.03. The van der Waals surface area contributed by atoms with E-state index in [1.165, 1.54) is 23.5 Å². The van der Waals surface area contributed by atoms with Crippen molar-refractivity contribution >= 4 is 10.0 Å². The van der Waals surface area contributed by atoms with Crippen LogP contribution >= 0.6 is 0 Å². The molecule has 1 aromatic carbocycles. The molecule has 0 aliphatic heterocycles. The minimum atomic E-state index is -3.57. The Morgan fingerprint density at radius 3 is 2.47 bits per heavy atom. The van der Waals surface area contributed by atoms with Crippen LogP contribution < -0.4 is 0 Å². The predicted molar refractivity (Wildman–Crippen MR) is 67.4 cm³/mol. The van der Waals surface area contributed by atoms with Gasteiger partial charge in [0.1, 0.15) is 10.6 Å². The summed E-state index contributed by atoms with van der Waals surface area (Å²) in [5.74, 6) is -0.199. The highest BCUT2D eigenvalue weighted by molar-refractivity contribution is 7.89. The number of unbranched alkanes of at least 4 members (excludes halogenated alkanes) is 2. The number of benzene rings is 1. The van der Waals surface area contributed by atoms with Gasteiger partial charge >= 0.3 is 0 Å². The molecule has 5 heteroatoms. The van der Waals surface area contributed by atoms with Crippen LogP contribution in [0.4, 0.5) is 0 Å². The first-order valence-corrected chi connectivity index (χ1v) is 7.18. The van der Waals surface area contributed by atoms with Crippen molar-refractivity contribution < 1.29 is 13.5 Å². The van der Waals surface area contributed by atoms with Crippen molar-refractivity contribution in [3.8, 4) is 5.75 Å². The van der Waals surface area contributed by atoms with Crippen LogP contribution in [0.5, 0.6) is 5.75 Å². The first-order valence-electron chi connectivity index (χ1n) is 5.74. The highest BCUT2D eigenvalue weighted by atomic mass is 32.2. The summed E-state index contributed by atoms with van der Waals surface area (Å²) >= 11 is 0. The summed E-state index contributed by atoms with van der Waals surface area (Å²) in [5.41, 5.74) is 0. The van der Waals surface area contributed by atoms with Gasteiger partial charge < -0.3 is 5.11 Å². The lowest BCUT2D eigenvalue weighted by molar-refractivity contribution is 0.435. The molecule has 1 aromatic rings. The van der Waals surface area contributed by atoms with Crippen molar-refractivity contribution in [2.75, 3.05) is 13.6 Å². The van der Waals surface area contributed by atoms with Gasteiger partial charge in [0.2, 0.25) is 10.0 Å². The smallest absolute Gasteiger partial charge is 0.246 e. The zero-order chi connectivity index (χ0) is 12.9. The molecule has 0 amide bonds. The van der Waals surface area contributed by atoms with Crippen LogP contribution in [0.3, 0.4) is 0 Å². The summed E-state index contributed by atoms with van der Waals surface area (Å²) in [5, 5.41) is 9.56. The van der Waals surface area contributed by atoms with Gasteiger partial charge in [0, 0.05) is 13.6 Å². The Balaban J connectivity index is 2.85. The molecular formula is C12H19NO3S. The van der Waals surface area contributed by atoms with Gasteiger partial charge in [-0.05, 0) is 18.6 Å². The van der Waals surface area contributed by atoms with E-state index in [-0.39, 0.29) is 10.6 Å². The Bertz CT molecular complexity index is 457. The Hall–Kier alpha value is -1.07. The van der Waals surface area contributed by atoms with Gasteiger partial charge in [0.15, 0.2) is 0 Å². The SMILES string of the molecule is CCCCCN(C)S(=O)(=O)c1ccccc1O. The fourth-order valence-corrected chi connectivity index (χ4v) is 2.84. The second-order valence-corrected chi connectivity index (χ2v) is 6.01. The van der Waals surface area contributed by atoms with Crippen LogP contribution in [0.1, 0.15) is 26.2 Å². The van der Waals surface area contributed by atoms with Gasteiger partial charge in [-0.25, -0.2) is 12.7 Å². The van der Waals surface area contributed by atoms with Crippen LogP contribution in [-0.2, 0) is 10.0 Å². The van der Waals surface area contributed by atoms with Crippen LogP contribution in [0, 0.1) is 0 Å². The van der Waals surface area contributed by atoms with Crippen molar-refractivity contribution in [2.24, 2.45) is 0 Å². The summed E-state index contributed by atoms with van der Waals surface area (Å²) in [4.78, 5) is -0.0287. The first-order chi connectivity index (χ1) is 8.00. The molecule has 0 bridgehead atoms. The number of para-hydroxylation sites is 1. The maximum absolute atomic E-state index is 12.1. The van der Waals surface area contributed by atoms with Gasteiger partial charge in [0.25, 0.3) is 0 Å². The number of rotatable bonds is 6. The van der Waals surface area contributed by atoms with Gasteiger partial charge in [0.05, 0.1) is 0 Å². The molecule has 0 aliphatic carbocycles. The molecule has 0 fully saturated rings. The minimum absolute atomic E-state index is 0.0287. The number of sulfonamides is 1. The molecule has 0 atom stereocenters. The highest BCUT2D eigenvalue weighted by Crippen LogP contribution is 2.24. The zero-order valence-corrected chi connectivity index (χ0v) is 11.1. The lowest BCUT2D eigenvalue weighted by atomic mass is 10.2. The third-order valence-electron chi connectivity index (χ3n) is 2.63. The van der Waals surface area contributed by atoms with Gasteiger partial charge in [-0.3, -0.25) is 0 Å². The molecule has 0 aromatic heterocycles. The minimum Gasteiger partial charge on any atom is -0.507 e. The monoisotopic (exact) mass is 257 g/mol. The quantitative estimate of drug-likeness (QED) is 0.795.